The first-order valence-electron chi connectivity index (χ1n) is 8.23. The number of carbonyl (C=O) groups is 1. The van der Waals surface area contributed by atoms with Crippen molar-refractivity contribution in [1.82, 2.24) is 15.0 Å². The van der Waals surface area contributed by atoms with E-state index in [1.807, 2.05) is 18.2 Å². The van der Waals surface area contributed by atoms with E-state index in [1.54, 1.807) is 6.07 Å². The van der Waals surface area contributed by atoms with E-state index in [1.165, 1.54) is 25.3 Å². The molecular formula is C17H21N5O2S. The molecule has 8 heteroatoms. The highest BCUT2D eigenvalue weighted by molar-refractivity contribution is 7.98. The molecule has 1 aromatic carbocycles. The van der Waals surface area contributed by atoms with Crippen LogP contribution in [0, 0.1) is 0 Å². The lowest BCUT2D eigenvalue weighted by atomic mass is 10.1. The molecule has 3 rings (SSSR count). The molecule has 1 aliphatic rings. The number of rotatable bonds is 5. The first kappa shape index (κ1) is 17.5. The van der Waals surface area contributed by atoms with Crippen molar-refractivity contribution in [3.63, 3.8) is 0 Å². The molecule has 7 nitrogen and oxygen atoms in total. The van der Waals surface area contributed by atoms with Gasteiger partial charge in [-0.1, -0.05) is 12.1 Å². The molecule has 2 N–H and O–H groups in total. The number of ether oxygens (including phenoxy) is 1. The van der Waals surface area contributed by atoms with E-state index in [0.717, 1.165) is 30.8 Å². The van der Waals surface area contributed by atoms with Crippen LogP contribution in [-0.2, 0) is 10.5 Å². The Labute approximate surface area is 151 Å². The molecule has 0 aliphatic carbocycles. The van der Waals surface area contributed by atoms with Gasteiger partial charge < -0.3 is 15.4 Å². The third kappa shape index (κ3) is 4.39. The van der Waals surface area contributed by atoms with E-state index in [2.05, 4.69) is 19.9 Å². The largest absolute Gasteiger partial charge is 0.465 e. The van der Waals surface area contributed by atoms with Crippen molar-refractivity contribution in [3.8, 4) is 0 Å². The molecule has 0 bridgehead atoms. The van der Waals surface area contributed by atoms with Crippen LogP contribution in [0.25, 0.3) is 0 Å². The zero-order valence-electron chi connectivity index (χ0n) is 14.1. The number of esters is 1. The zero-order chi connectivity index (χ0) is 17.6. The van der Waals surface area contributed by atoms with E-state index >= 15 is 0 Å². The van der Waals surface area contributed by atoms with Gasteiger partial charge in [-0.15, -0.1) is 11.8 Å². The van der Waals surface area contributed by atoms with E-state index in [-0.39, 0.29) is 11.9 Å². The second kappa shape index (κ2) is 8.15. The minimum atomic E-state index is -0.354. The number of nitrogens with two attached hydrogens (primary N) is 1. The SMILES string of the molecule is COC(=O)c1ccccc1SCc1nc(N)nc(N2CCCCC2)n1. The molecule has 2 aromatic rings. The molecule has 0 amide bonds. The molecule has 0 atom stereocenters. The molecule has 1 aliphatic heterocycles. The minimum Gasteiger partial charge on any atom is -0.465 e. The van der Waals surface area contributed by atoms with Crippen LogP contribution in [0.15, 0.2) is 29.2 Å². The first-order chi connectivity index (χ1) is 12.2. The van der Waals surface area contributed by atoms with E-state index in [0.29, 0.717) is 23.1 Å². The summed E-state index contributed by atoms with van der Waals surface area (Å²) < 4.78 is 4.83. The van der Waals surface area contributed by atoms with E-state index < -0.39 is 0 Å². The average molecular weight is 359 g/mol. The van der Waals surface area contributed by atoms with Crippen molar-refractivity contribution in [2.24, 2.45) is 0 Å². The molecule has 132 valence electrons. The fourth-order valence-corrected chi connectivity index (χ4v) is 3.63. The maximum Gasteiger partial charge on any atom is 0.338 e. The third-order valence-corrected chi connectivity index (χ3v) is 5.04. The van der Waals surface area contributed by atoms with Gasteiger partial charge in [0.25, 0.3) is 0 Å². The summed E-state index contributed by atoms with van der Waals surface area (Å²) in [6.45, 7) is 1.89. The Morgan fingerprint density at radius 3 is 2.72 bits per heavy atom. The van der Waals surface area contributed by atoms with Crippen molar-refractivity contribution in [1.29, 1.82) is 0 Å². The summed E-state index contributed by atoms with van der Waals surface area (Å²) in [5.41, 5.74) is 6.40. The van der Waals surface area contributed by atoms with Crippen molar-refractivity contribution in [2.75, 3.05) is 30.8 Å². The van der Waals surface area contributed by atoms with Gasteiger partial charge in [0.05, 0.1) is 18.4 Å². The summed E-state index contributed by atoms with van der Waals surface area (Å²) in [7, 11) is 1.38. The molecule has 25 heavy (non-hydrogen) atoms. The van der Waals surface area contributed by atoms with Gasteiger partial charge in [0.15, 0.2) is 0 Å². The van der Waals surface area contributed by atoms with E-state index in [4.69, 9.17) is 10.5 Å². The smallest absolute Gasteiger partial charge is 0.338 e. The number of thioether (sulfide) groups is 1. The van der Waals surface area contributed by atoms with Gasteiger partial charge in [-0.3, -0.25) is 0 Å². The van der Waals surface area contributed by atoms with Crippen LogP contribution in [-0.4, -0.2) is 41.1 Å². The second-order valence-electron chi connectivity index (χ2n) is 5.73. The molecular weight excluding hydrogens is 338 g/mol. The van der Waals surface area contributed by atoms with Crippen molar-refractivity contribution >= 4 is 29.6 Å². The molecule has 0 unspecified atom stereocenters. The standard InChI is InChI=1S/C17H21N5O2S/c1-24-15(23)12-7-3-4-8-13(12)25-11-14-19-16(18)21-17(20-14)22-9-5-2-6-10-22/h3-4,7-8H,2,5-6,9-11H2,1H3,(H2,18,19,20,21). The molecule has 0 radical (unpaired) electrons. The highest BCUT2D eigenvalue weighted by Gasteiger charge is 2.16. The number of benzene rings is 1. The third-order valence-electron chi connectivity index (χ3n) is 3.98. The number of carbonyl (C=O) groups excluding carboxylic acids is 1. The Hall–Kier alpha value is -2.35. The maximum absolute atomic E-state index is 11.9. The van der Waals surface area contributed by atoms with Crippen LogP contribution in [0.3, 0.4) is 0 Å². The Kier molecular flexibility index (Phi) is 5.70. The van der Waals surface area contributed by atoms with Gasteiger partial charge in [0.1, 0.15) is 5.82 Å². The number of nitrogens with zero attached hydrogens (tertiary/aromatic N) is 4. The number of hydrogen-bond acceptors (Lipinski definition) is 8. The first-order valence-corrected chi connectivity index (χ1v) is 9.21. The van der Waals surface area contributed by atoms with Gasteiger partial charge in [-0.2, -0.15) is 15.0 Å². The summed E-state index contributed by atoms with van der Waals surface area (Å²) in [4.78, 5) is 27.9. The minimum absolute atomic E-state index is 0.229. The number of methoxy groups -OCH3 is 1. The van der Waals surface area contributed by atoms with Crippen LogP contribution in [0.1, 0.15) is 35.4 Å². The summed E-state index contributed by atoms with van der Waals surface area (Å²) >= 11 is 1.48. The highest BCUT2D eigenvalue weighted by Crippen LogP contribution is 2.26. The molecule has 2 heterocycles. The fraction of sp³-hybridized carbons (Fsp3) is 0.412. The van der Waals surface area contributed by atoms with Gasteiger partial charge in [-0.05, 0) is 31.4 Å². The van der Waals surface area contributed by atoms with Crippen molar-refractivity contribution in [3.05, 3.63) is 35.7 Å². The second-order valence-corrected chi connectivity index (χ2v) is 6.75. The summed E-state index contributed by atoms with van der Waals surface area (Å²) in [5, 5.41) is 0. The average Bonchev–Trinajstić information content (AvgIpc) is 2.66. The predicted octanol–water partition coefficient (Wildman–Crippen LogP) is 2.52. The Morgan fingerprint density at radius 1 is 1.20 bits per heavy atom. The normalized spacial score (nSPS) is 14.4. The quantitative estimate of drug-likeness (QED) is 0.643. The fourth-order valence-electron chi connectivity index (χ4n) is 2.74. The van der Waals surface area contributed by atoms with E-state index in [9.17, 15) is 4.79 Å². The number of hydrogen-bond donors (Lipinski definition) is 1. The number of anilines is 2. The number of piperidine rings is 1. The maximum atomic E-state index is 11.9. The lowest BCUT2D eigenvalue weighted by Crippen LogP contribution is -2.31. The van der Waals surface area contributed by atoms with Crippen LogP contribution in [0.5, 0.6) is 0 Å². The number of aromatic nitrogens is 3. The van der Waals surface area contributed by atoms with Gasteiger partial charge in [0.2, 0.25) is 11.9 Å². The van der Waals surface area contributed by atoms with Crippen LogP contribution in [0.4, 0.5) is 11.9 Å². The summed E-state index contributed by atoms with van der Waals surface area (Å²) in [5.74, 6) is 1.63. The highest BCUT2D eigenvalue weighted by atomic mass is 32.2. The summed E-state index contributed by atoms with van der Waals surface area (Å²) in [6, 6.07) is 7.32. The lowest BCUT2D eigenvalue weighted by Gasteiger charge is -2.26. The summed E-state index contributed by atoms with van der Waals surface area (Å²) in [6.07, 6.45) is 3.52. The van der Waals surface area contributed by atoms with Crippen LogP contribution >= 0.6 is 11.8 Å². The molecule has 1 aromatic heterocycles. The van der Waals surface area contributed by atoms with Gasteiger partial charge in [0, 0.05) is 18.0 Å². The van der Waals surface area contributed by atoms with Crippen LogP contribution in [0.2, 0.25) is 0 Å². The molecule has 1 fully saturated rings. The predicted molar refractivity (Wildman–Crippen MR) is 97.6 cm³/mol. The Bertz CT molecular complexity index is 750. The van der Waals surface area contributed by atoms with Crippen LogP contribution < -0.4 is 10.6 Å². The topological polar surface area (TPSA) is 94.2 Å². The Balaban J connectivity index is 1.75. The molecule has 0 saturated carbocycles. The number of nitrogen functional groups attached to an aromatic ring is 1. The molecule has 1 saturated heterocycles. The Morgan fingerprint density at radius 2 is 1.96 bits per heavy atom. The zero-order valence-corrected chi connectivity index (χ0v) is 15.0. The van der Waals surface area contributed by atoms with Gasteiger partial charge >= 0.3 is 5.97 Å². The van der Waals surface area contributed by atoms with Crippen molar-refractivity contribution in [2.45, 2.75) is 29.9 Å². The van der Waals surface area contributed by atoms with Gasteiger partial charge in [-0.25, -0.2) is 4.79 Å². The van der Waals surface area contributed by atoms with Crippen molar-refractivity contribution < 1.29 is 9.53 Å². The lowest BCUT2D eigenvalue weighted by molar-refractivity contribution is 0.0597. The monoisotopic (exact) mass is 359 g/mol. The molecule has 0 spiro atoms.